The van der Waals surface area contributed by atoms with E-state index < -0.39 is 5.54 Å². The van der Waals surface area contributed by atoms with Crippen LogP contribution in [0.2, 0.25) is 0 Å². The largest absolute Gasteiger partial charge is 0.496 e. The van der Waals surface area contributed by atoms with Gasteiger partial charge in [0.05, 0.1) is 13.7 Å². The second-order valence-corrected chi connectivity index (χ2v) is 6.66. The lowest BCUT2D eigenvalue weighted by molar-refractivity contribution is -0.132. The Balaban J connectivity index is 1.97. The van der Waals surface area contributed by atoms with Gasteiger partial charge in [-0.05, 0) is 25.0 Å². The molecule has 0 radical (unpaired) electrons. The van der Waals surface area contributed by atoms with Crippen molar-refractivity contribution < 1.29 is 14.3 Å². The van der Waals surface area contributed by atoms with Crippen molar-refractivity contribution in [3.05, 3.63) is 65.2 Å². The molecule has 0 saturated carbocycles. The van der Waals surface area contributed by atoms with Crippen molar-refractivity contribution in [3.63, 3.8) is 0 Å². The van der Waals surface area contributed by atoms with Crippen LogP contribution in [0.5, 0.6) is 5.75 Å². The third-order valence-corrected chi connectivity index (χ3v) is 4.83. The van der Waals surface area contributed by atoms with Crippen molar-refractivity contribution in [2.24, 2.45) is 0 Å². The highest BCUT2D eigenvalue weighted by atomic mass is 16.5. The molecule has 1 heterocycles. The Bertz CT molecular complexity index is 819. The number of benzene rings is 2. The first-order valence-electron chi connectivity index (χ1n) is 8.85. The lowest BCUT2D eigenvalue weighted by Crippen LogP contribution is -2.43. The molecule has 136 valence electrons. The molecule has 1 fully saturated rings. The summed E-state index contributed by atoms with van der Waals surface area (Å²) >= 11 is 0. The fourth-order valence-corrected chi connectivity index (χ4v) is 3.58. The van der Waals surface area contributed by atoms with Crippen molar-refractivity contribution in [2.45, 2.75) is 38.8 Å². The van der Waals surface area contributed by atoms with E-state index in [4.69, 9.17) is 4.74 Å². The Morgan fingerprint density at radius 2 is 1.85 bits per heavy atom. The van der Waals surface area contributed by atoms with Crippen molar-refractivity contribution >= 4 is 11.9 Å². The Morgan fingerprint density at radius 3 is 2.50 bits per heavy atom. The van der Waals surface area contributed by atoms with E-state index in [-0.39, 0.29) is 18.5 Å². The van der Waals surface area contributed by atoms with Gasteiger partial charge < -0.3 is 10.1 Å². The molecule has 0 bridgehead atoms. The molecule has 3 rings (SSSR count). The summed E-state index contributed by atoms with van der Waals surface area (Å²) in [7, 11) is 1.59. The van der Waals surface area contributed by atoms with E-state index in [2.05, 4.69) is 5.32 Å². The summed E-state index contributed by atoms with van der Waals surface area (Å²) in [4.78, 5) is 27.3. The summed E-state index contributed by atoms with van der Waals surface area (Å²) in [6.45, 7) is 4.17. The van der Waals surface area contributed by atoms with E-state index in [1.165, 1.54) is 4.90 Å². The third kappa shape index (κ3) is 3.05. The van der Waals surface area contributed by atoms with Crippen LogP contribution in [0.4, 0.5) is 4.79 Å². The summed E-state index contributed by atoms with van der Waals surface area (Å²) in [5.41, 5.74) is 1.69. The van der Waals surface area contributed by atoms with Crippen molar-refractivity contribution in [2.75, 3.05) is 7.11 Å². The number of hydrogen-bond donors (Lipinski definition) is 1. The number of carbonyl (C=O) groups is 2. The standard InChI is InChI=1S/C21H24N2O3/c1-4-12-21(17-8-6-5-7-9-17)19(24)23(20(25)22-21)14-16-13-15(2)10-11-18(16)26-3/h5-11,13H,4,12,14H2,1-3H3,(H,22,25)/t21-/m1/s1. The van der Waals surface area contributed by atoms with E-state index in [1.807, 2.05) is 62.4 Å². The molecule has 5 nitrogen and oxygen atoms in total. The lowest BCUT2D eigenvalue weighted by Gasteiger charge is -2.27. The summed E-state index contributed by atoms with van der Waals surface area (Å²) in [5, 5.41) is 2.95. The maximum atomic E-state index is 13.3. The molecule has 2 aromatic carbocycles. The smallest absolute Gasteiger partial charge is 0.325 e. The van der Waals surface area contributed by atoms with E-state index >= 15 is 0 Å². The third-order valence-electron chi connectivity index (χ3n) is 4.83. The van der Waals surface area contributed by atoms with E-state index in [0.29, 0.717) is 12.2 Å². The SMILES string of the molecule is CCC[C@]1(c2ccccc2)NC(=O)N(Cc2cc(C)ccc2OC)C1=O. The molecule has 2 aromatic rings. The van der Waals surface area contributed by atoms with Gasteiger partial charge in [-0.1, -0.05) is 61.4 Å². The van der Waals surface area contributed by atoms with Crippen LogP contribution in [-0.4, -0.2) is 23.9 Å². The first-order chi connectivity index (χ1) is 12.5. The topological polar surface area (TPSA) is 58.6 Å². The van der Waals surface area contributed by atoms with E-state index in [1.54, 1.807) is 7.11 Å². The molecule has 26 heavy (non-hydrogen) atoms. The highest BCUT2D eigenvalue weighted by Gasteiger charge is 2.51. The number of aryl methyl sites for hydroxylation is 1. The van der Waals surface area contributed by atoms with Crippen molar-refractivity contribution in [1.29, 1.82) is 0 Å². The normalized spacial score (nSPS) is 19.6. The van der Waals surface area contributed by atoms with Crippen molar-refractivity contribution in [3.8, 4) is 5.75 Å². The maximum Gasteiger partial charge on any atom is 0.325 e. The Morgan fingerprint density at radius 1 is 1.12 bits per heavy atom. The van der Waals surface area contributed by atoms with Gasteiger partial charge in [-0.15, -0.1) is 0 Å². The van der Waals surface area contributed by atoms with E-state index in [0.717, 1.165) is 23.1 Å². The molecule has 0 unspecified atom stereocenters. The van der Waals surface area contributed by atoms with Gasteiger partial charge in [-0.3, -0.25) is 9.69 Å². The molecule has 0 aliphatic carbocycles. The minimum atomic E-state index is -0.996. The van der Waals surface area contributed by atoms with Gasteiger partial charge >= 0.3 is 6.03 Å². The predicted molar refractivity (Wildman–Crippen MR) is 99.8 cm³/mol. The first-order valence-corrected chi connectivity index (χ1v) is 8.85. The monoisotopic (exact) mass is 352 g/mol. The summed E-state index contributed by atoms with van der Waals surface area (Å²) < 4.78 is 5.40. The molecule has 3 amide bonds. The van der Waals surface area contributed by atoms with Gasteiger partial charge in [0, 0.05) is 5.56 Å². The summed E-state index contributed by atoms with van der Waals surface area (Å²) in [5.74, 6) is 0.461. The van der Waals surface area contributed by atoms with Crippen molar-refractivity contribution in [1.82, 2.24) is 10.2 Å². The molecule has 1 atom stereocenters. The Hall–Kier alpha value is -2.82. The van der Waals surface area contributed by atoms with Crippen LogP contribution < -0.4 is 10.1 Å². The average molecular weight is 352 g/mol. The zero-order valence-electron chi connectivity index (χ0n) is 15.4. The lowest BCUT2D eigenvalue weighted by atomic mass is 9.85. The number of nitrogens with one attached hydrogen (secondary N) is 1. The van der Waals surface area contributed by atoms with Gasteiger partial charge in [-0.25, -0.2) is 4.79 Å². The fraction of sp³-hybridized carbons (Fsp3) is 0.333. The number of hydrogen-bond acceptors (Lipinski definition) is 3. The van der Waals surface area contributed by atoms with Gasteiger partial charge in [0.1, 0.15) is 11.3 Å². The average Bonchev–Trinajstić information content (AvgIpc) is 2.88. The van der Waals surface area contributed by atoms with Crippen LogP contribution in [0, 0.1) is 6.92 Å². The molecule has 1 saturated heterocycles. The van der Waals surface area contributed by atoms with Crippen LogP contribution in [0.3, 0.4) is 0 Å². The summed E-state index contributed by atoms with van der Waals surface area (Å²) in [6, 6.07) is 14.9. The van der Waals surface area contributed by atoms with E-state index in [9.17, 15) is 9.59 Å². The second-order valence-electron chi connectivity index (χ2n) is 6.66. The Labute approximate surface area is 154 Å². The summed E-state index contributed by atoms with van der Waals surface area (Å²) in [6.07, 6.45) is 1.34. The number of amides is 3. The van der Waals surface area contributed by atoms with Crippen LogP contribution in [-0.2, 0) is 16.9 Å². The number of carbonyl (C=O) groups excluding carboxylic acids is 2. The molecule has 5 heteroatoms. The number of urea groups is 1. The highest BCUT2D eigenvalue weighted by molar-refractivity contribution is 6.07. The Kier molecular flexibility index (Phi) is 4.98. The van der Waals surface area contributed by atoms with Gasteiger partial charge in [0.2, 0.25) is 0 Å². The zero-order chi connectivity index (χ0) is 18.7. The molecule has 0 aromatic heterocycles. The number of methoxy groups -OCH3 is 1. The number of nitrogens with zero attached hydrogens (tertiary/aromatic N) is 1. The molecule has 0 spiro atoms. The zero-order valence-corrected chi connectivity index (χ0v) is 15.4. The fourth-order valence-electron chi connectivity index (χ4n) is 3.58. The van der Waals surface area contributed by atoms with Gasteiger partial charge in [-0.2, -0.15) is 0 Å². The minimum absolute atomic E-state index is 0.188. The molecule has 1 aliphatic heterocycles. The predicted octanol–water partition coefficient (Wildman–Crippen LogP) is 3.75. The first kappa shape index (κ1) is 18.0. The molecular formula is C21H24N2O3. The minimum Gasteiger partial charge on any atom is -0.496 e. The maximum absolute atomic E-state index is 13.3. The van der Waals surface area contributed by atoms with Crippen LogP contribution in [0.25, 0.3) is 0 Å². The van der Waals surface area contributed by atoms with Crippen LogP contribution in [0.15, 0.2) is 48.5 Å². The molecule has 1 N–H and O–H groups in total. The number of imide groups is 1. The quantitative estimate of drug-likeness (QED) is 0.806. The number of ether oxygens (including phenoxy) is 1. The molecule has 1 aliphatic rings. The molecular weight excluding hydrogens is 328 g/mol. The highest BCUT2D eigenvalue weighted by Crippen LogP contribution is 2.35. The van der Waals surface area contributed by atoms with Crippen LogP contribution in [0.1, 0.15) is 36.5 Å². The van der Waals surface area contributed by atoms with Crippen LogP contribution >= 0.6 is 0 Å². The number of rotatable bonds is 6. The second kappa shape index (κ2) is 7.20. The van der Waals surface area contributed by atoms with Gasteiger partial charge in [0.15, 0.2) is 0 Å². The van der Waals surface area contributed by atoms with Gasteiger partial charge in [0.25, 0.3) is 5.91 Å².